The van der Waals surface area contributed by atoms with E-state index in [0.717, 1.165) is 29.8 Å². The van der Waals surface area contributed by atoms with E-state index in [1.807, 2.05) is 24.9 Å². The number of nitrogens with zero attached hydrogens (tertiary/aromatic N) is 2. The molecule has 2 aromatic rings. The van der Waals surface area contributed by atoms with Crippen LogP contribution in [-0.4, -0.2) is 53.2 Å². The van der Waals surface area contributed by atoms with Gasteiger partial charge >= 0.3 is 5.97 Å². The molecule has 2 aromatic carbocycles. The number of imide groups is 1. The van der Waals surface area contributed by atoms with Gasteiger partial charge in [-0.2, -0.15) is 0 Å². The summed E-state index contributed by atoms with van der Waals surface area (Å²) in [5, 5.41) is 4.00. The van der Waals surface area contributed by atoms with Crippen molar-refractivity contribution in [2.24, 2.45) is 0 Å². The topological polar surface area (TPSA) is 113 Å². The van der Waals surface area contributed by atoms with E-state index in [4.69, 9.17) is 16.4 Å². The molecule has 1 saturated heterocycles. The largest absolute Gasteiger partial charge is 0.356 e. The van der Waals surface area contributed by atoms with E-state index in [2.05, 4.69) is 41.7 Å². The lowest BCUT2D eigenvalue weighted by atomic mass is 9.76. The van der Waals surface area contributed by atoms with Crippen molar-refractivity contribution >= 4 is 41.2 Å². The van der Waals surface area contributed by atoms with Gasteiger partial charge in [0.25, 0.3) is 11.8 Å². The van der Waals surface area contributed by atoms with Gasteiger partial charge < -0.3 is 15.1 Å². The lowest BCUT2D eigenvalue weighted by molar-refractivity contribution is -0.197. The fourth-order valence-electron chi connectivity index (χ4n) is 5.61. The van der Waals surface area contributed by atoms with E-state index in [9.17, 15) is 24.0 Å². The number of nitrogens with one attached hydrogen (secondary N) is 1. The molecule has 0 unspecified atom stereocenters. The standard InChI is InChI=1S/C32H38ClN3O6/c1-21-11-12-22(20-26(21)33)23-13-14-27(25-9-6-5-8-24(23)25)35(2)29(38)10-4-3-7-19-34-28(37)15-18-32(41)42-36-30(39)16-17-31(36)40/h5-6,8-9,11-12,20,23,27H,3-4,7,10,13-19H2,1-2H3,(H,34,37)/t23-,27-/m0/s1. The predicted molar refractivity (Wildman–Crippen MR) is 157 cm³/mol. The maximum Gasteiger partial charge on any atom is 0.333 e. The average Bonchev–Trinajstić information content (AvgIpc) is 3.30. The Morgan fingerprint density at radius 1 is 0.952 bits per heavy atom. The van der Waals surface area contributed by atoms with Crippen LogP contribution in [-0.2, 0) is 28.8 Å². The van der Waals surface area contributed by atoms with Crippen LogP contribution in [0, 0.1) is 6.92 Å². The quantitative estimate of drug-likeness (QED) is 0.269. The van der Waals surface area contributed by atoms with Crippen LogP contribution in [0.1, 0.15) is 98.4 Å². The third-order valence-corrected chi connectivity index (χ3v) is 8.47. The summed E-state index contributed by atoms with van der Waals surface area (Å²) >= 11 is 6.43. The minimum Gasteiger partial charge on any atom is -0.356 e. The molecule has 1 aliphatic carbocycles. The number of carbonyl (C=O) groups excluding carboxylic acids is 5. The molecule has 1 heterocycles. The monoisotopic (exact) mass is 595 g/mol. The molecular weight excluding hydrogens is 558 g/mol. The number of aryl methyl sites for hydroxylation is 1. The summed E-state index contributed by atoms with van der Waals surface area (Å²) in [4.78, 5) is 66.6. The van der Waals surface area contributed by atoms with Gasteiger partial charge in [0.15, 0.2) is 0 Å². The maximum atomic E-state index is 13.1. The van der Waals surface area contributed by atoms with E-state index in [1.165, 1.54) is 16.7 Å². The SMILES string of the molecule is Cc1ccc([C@@H]2CC[C@H](N(C)C(=O)CCCCCNC(=O)CCC(=O)ON3C(=O)CCC3=O)c3ccccc32)cc1Cl. The maximum absolute atomic E-state index is 13.1. The Balaban J connectivity index is 1.16. The van der Waals surface area contributed by atoms with Crippen molar-refractivity contribution in [2.75, 3.05) is 13.6 Å². The molecule has 4 amide bonds. The van der Waals surface area contributed by atoms with Gasteiger partial charge in [0.05, 0.1) is 12.5 Å². The Hall–Kier alpha value is -3.72. The van der Waals surface area contributed by atoms with Crippen molar-refractivity contribution in [1.29, 1.82) is 0 Å². The van der Waals surface area contributed by atoms with Gasteiger partial charge in [-0.05, 0) is 60.9 Å². The molecule has 1 N–H and O–H groups in total. The lowest BCUT2D eigenvalue weighted by Crippen LogP contribution is -2.34. The number of carbonyl (C=O) groups is 5. The minimum absolute atomic E-state index is 0.0219. The number of rotatable bonds is 12. The van der Waals surface area contributed by atoms with Crippen molar-refractivity contribution < 1.29 is 28.8 Å². The summed E-state index contributed by atoms with van der Waals surface area (Å²) in [5.41, 5.74) is 4.69. The van der Waals surface area contributed by atoms with Crippen LogP contribution in [0.5, 0.6) is 0 Å². The molecule has 0 bridgehead atoms. The van der Waals surface area contributed by atoms with Crippen LogP contribution in [0.2, 0.25) is 5.02 Å². The summed E-state index contributed by atoms with van der Waals surface area (Å²) in [6.45, 7) is 2.43. The van der Waals surface area contributed by atoms with E-state index in [1.54, 1.807) is 0 Å². The van der Waals surface area contributed by atoms with Crippen LogP contribution < -0.4 is 5.32 Å². The van der Waals surface area contributed by atoms with Crippen LogP contribution in [0.25, 0.3) is 0 Å². The normalized spacial score (nSPS) is 18.0. The van der Waals surface area contributed by atoms with Gasteiger partial charge in [0, 0.05) is 50.2 Å². The molecule has 0 spiro atoms. The number of amides is 4. The van der Waals surface area contributed by atoms with Crippen LogP contribution >= 0.6 is 11.6 Å². The minimum atomic E-state index is -0.799. The van der Waals surface area contributed by atoms with Crippen molar-refractivity contribution in [3.8, 4) is 0 Å². The second-order valence-electron chi connectivity index (χ2n) is 11.0. The molecule has 224 valence electrons. The van der Waals surface area contributed by atoms with Crippen LogP contribution in [0.15, 0.2) is 42.5 Å². The van der Waals surface area contributed by atoms with Gasteiger partial charge in [0.1, 0.15) is 0 Å². The molecule has 2 atom stereocenters. The first kappa shape index (κ1) is 31.2. The van der Waals surface area contributed by atoms with Crippen LogP contribution in [0.3, 0.4) is 0 Å². The molecule has 1 fully saturated rings. The van der Waals surface area contributed by atoms with Crippen molar-refractivity contribution in [1.82, 2.24) is 15.3 Å². The second kappa shape index (κ2) is 14.4. The number of halogens is 1. The van der Waals surface area contributed by atoms with Gasteiger partial charge in [-0.3, -0.25) is 19.2 Å². The van der Waals surface area contributed by atoms with Gasteiger partial charge in [-0.25, -0.2) is 4.79 Å². The summed E-state index contributed by atoms with van der Waals surface area (Å²) in [7, 11) is 1.88. The highest BCUT2D eigenvalue weighted by atomic mass is 35.5. The molecule has 0 saturated carbocycles. The Morgan fingerprint density at radius 2 is 1.67 bits per heavy atom. The highest BCUT2D eigenvalue weighted by molar-refractivity contribution is 6.31. The predicted octanol–water partition coefficient (Wildman–Crippen LogP) is 5.14. The third-order valence-electron chi connectivity index (χ3n) is 8.06. The van der Waals surface area contributed by atoms with E-state index in [0.29, 0.717) is 30.9 Å². The molecule has 0 radical (unpaired) electrons. The molecule has 9 nitrogen and oxygen atoms in total. The number of benzene rings is 2. The Bertz CT molecular complexity index is 1330. The van der Waals surface area contributed by atoms with Crippen molar-refractivity contribution in [3.05, 3.63) is 69.7 Å². The van der Waals surface area contributed by atoms with E-state index in [-0.39, 0.29) is 49.5 Å². The number of hydrogen-bond donors (Lipinski definition) is 1. The lowest BCUT2D eigenvalue weighted by Gasteiger charge is -2.37. The summed E-state index contributed by atoms with van der Waals surface area (Å²) in [6, 6.07) is 14.7. The number of hydrogen-bond acceptors (Lipinski definition) is 6. The Kier molecular flexibility index (Phi) is 10.7. The number of hydroxylamine groups is 2. The first-order valence-corrected chi connectivity index (χ1v) is 15.0. The highest BCUT2D eigenvalue weighted by Gasteiger charge is 2.33. The van der Waals surface area contributed by atoms with E-state index >= 15 is 0 Å². The zero-order valence-corrected chi connectivity index (χ0v) is 25.0. The zero-order chi connectivity index (χ0) is 30.2. The number of fused-ring (bicyclic) bond motifs is 1. The molecule has 10 heteroatoms. The smallest absolute Gasteiger partial charge is 0.333 e. The van der Waals surface area contributed by atoms with Gasteiger partial charge in [-0.15, -0.1) is 5.06 Å². The average molecular weight is 596 g/mol. The molecular formula is C32H38ClN3O6. The Morgan fingerprint density at radius 3 is 2.38 bits per heavy atom. The third kappa shape index (κ3) is 7.76. The first-order chi connectivity index (χ1) is 20.2. The summed E-state index contributed by atoms with van der Waals surface area (Å²) < 4.78 is 0. The zero-order valence-electron chi connectivity index (χ0n) is 24.2. The molecule has 0 aromatic heterocycles. The van der Waals surface area contributed by atoms with Crippen LogP contribution in [0.4, 0.5) is 0 Å². The highest BCUT2D eigenvalue weighted by Crippen LogP contribution is 2.44. The summed E-state index contributed by atoms with van der Waals surface area (Å²) in [6.07, 6.45) is 4.15. The fraction of sp³-hybridized carbons (Fsp3) is 0.469. The van der Waals surface area contributed by atoms with Crippen molar-refractivity contribution in [2.45, 2.75) is 83.1 Å². The van der Waals surface area contributed by atoms with Gasteiger partial charge in [0.2, 0.25) is 11.8 Å². The molecule has 4 rings (SSSR count). The first-order valence-electron chi connectivity index (χ1n) is 14.6. The molecule has 42 heavy (non-hydrogen) atoms. The number of unbranched alkanes of at least 4 members (excludes halogenated alkanes) is 2. The Labute approximate surface area is 251 Å². The summed E-state index contributed by atoms with van der Waals surface area (Å²) in [5.74, 6) is -1.87. The van der Waals surface area contributed by atoms with E-state index < -0.39 is 17.8 Å². The van der Waals surface area contributed by atoms with Crippen molar-refractivity contribution in [3.63, 3.8) is 0 Å². The fourth-order valence-corrected chi connectivity index (χ4v) is 5.80. The van der Waals surface area contributed by atoms with Gasteiger partial charge in [-0.1, -0.05) is 54.4 Å². The molecule has 2 aliphatic rings. The molecule has 1 aliphatic heterocycles. The second-order valence-corrected chi connectivity index (χ2v) is 11.4.